The van der Waals surface area contributed by atoms with E-state index in [0.717, 1.165) is 54.7 Å². The van der Waals surface area contributed by atoms with E-state index in [0.29, 0.717) is 12.2 Å². The van der Waals surface area contributed by atoms with E-state index < -0.39 is 0 Å². The number of carbonyl (C=O) groups excluding carboxylic acids is 1. The molecule has 31 heavy (non-hydrogen) atoms. The van der Waals surface area contributed by atoms with Crippen LogP contribution in [-0.2, 0) is 11.3 Å². The van der Waals surface area contributed by atoms with Crippen LogP contribution in [0.4, 0.5) is 10.1 Å². The van der Waals surface area contributed by atoms with Gasteiger partial charge in [0, 0.05) is 43.8 Å². The molecule has 1 saturated heterocycles. The molecule has 0 unspecified atom stereocenters. The Bertz CT molecular complexity index is 1020. The molecular weight excluding hydrogens is 415 g/mol. The highest BCUT2D eigenvalue weighted by molar-refractivity contribution is 7.13. The van der Waals surface area contributed by atoms with Crippen molar-refractivity contribution in [2.75, 3.05) is 45.2 Å². The molecule has 162 valence electrons. The molecule has 0 bridgehead atoms. The van der Waals surface area contributed by atoms with Crippen LogP contribution in [0.1, 0.15) is 5.69 Å². The number of nitrogens with zero attached hydrogens (tertiary/aromatic N) is 3. The molecule has 4 rings (SSSR count). The Hall–Kier alpha value is -2.81. The van der Waals surface area contributed by atoms with Gasteiger partial charge in [-0.25, -0.2) is 9.37 Å². The van der Waals surface area contributed by atoms with Crippen molar-refractivity contribution in [3.8, 4) is 16.3 Å². The molecule has 1 N–H and O–H groups in total. The number of anilines is 1. The predicted molar refractivity (Wildman–Crippen MR) is 121 cm³/mol. The molecule has 1 aliphatic rings. The molecule has 0 atom stereocenters. The van der Waals surface area contributed by atoms with Crippen molar-refractivity contribution < 1.29 is 13.9 Å². The Morgan fingerprint density at radius 2 is 1.81 bits per heavy atom. The molecule has 0 saturated carbocycles. The van der Waals surface area contributed by atoms with Gasteiger partial charge in [0.2, 0.25) is 5.91 Å². The Kier molecular flexibility index (Phi) is 6.91. The number of piperazine rings is 1. The number of hydrogen-bond acceptors (Lipinski definition) is 6. The summed E-state index contributed by atoms with van der Waals surface area (Å²) < 4.78 is 18.4. The number of para-hydroxylation sites is 1. The zero-order chi connectivity index (χ0) is 21.6. The second kappa shape index (κ2) is 10.00. The van der Waals surface area contributed by atoms with Gasteiger partial charge in [0.25, 0.3) is 0 Å². The molecule has 0 spiro atoms. The minimum atomic E-state index is -0.316. The van der Waals surface area contributed by atoms with Crippen LogP contribution >= 0.6 is 11.3 Å². The molecule has 2 aromatic carbocycles. The van der Waals surface area contributed by atoms with Crippen LogP contribution in [0.5, 0.6) is 5.75 Å². The number of ether oxygens (including phenoxy) is 1. The number of aromatic nitrogens is 1. The highest BCUT2D eigenvalue weighted by Gasteiger charge is 2.20. The Balaban J connectivity index is 1.25. The monoisotopic (exact) mass is 440 g/mol. The molecule has 1 amide bonds. The molecule has 0 aliphatic carbocycles. The van der Waals surface area contributed by atoms with E-state index in [1.54, 1.807) is 30.6 Å². The molecule has 1 fully saturated rings. The van der Waals surface area contributed by atoms with Crippen LogP contribution in [0.2, 0.25) is 0 Å². The van der Waals surface area contributed by atoms with E-state index in [9.17, 15) is 9.18 Å². The van der Waals surface area contributed by atoms with Gasteiger partial charge in [0.05, 0.1) is 24.9 Å². The van der Waals surface area contributed by atoms with Gasteiger partial charge in [0.15, 0.2) is 0 Å². The fourth-order valence-corrected chi connectivity index (χ4v) is 4.44. The maximum Gasteiger partial charge on any atom is 0.238 e. The van der Waals surface area contributed by atoms with Crippen LogP contribution in [0.25, 0.3) is 10.6 Å². The summed E-state index contributed by atoms with van der Waals surface area (Å²) in [4.78, 5) is 21.5. The van der Waals surface area contributed by atoms with Gasteiger partial charge in [-0.2, -0.15) is 0 Å². The summed E-state index contributed by atoms with van der Waals surface area (Å²) in [6.45, 7) is 4.53. The Morgan fingerprint density at radius 3 is 2.55 bits per heavy atom. The lowest BCUT2D eigenvalue weighted by atomic mass is 10.2. The van der Waals surface area contributed by atoms with Crippen molar-refractivity contribution in [3.63, 3.8) is 0 Å². The zero-order valence-corrected chi connectivity index (χ0v) is 18.2. The van der Waals surface area contributed by atoms with Crippen LogP contribution in [0.3, 0.4) is 0 Å². The first-order valence-corrected chi connectivity index (χ1v) is 11.1. The number of nitrogens with one attached hydrogen (secondary N) is 1. The number of methoxy groups -OCH3 is 1. The van der Waals surface area contributed by atoms with Gasteiger partial charge in [-0.15, -0.1) is 11.3 Å². The van der Waals surface area contributed by atoms with Gasteiger partial charge >= 0.3 is 0 Å². The second-order valence-electron chi connectivity index (χ2n) is 7.45. The minimum Gasteiger partial charge on any atom is -0.496 e. The number of hydrogen-bond donors (Lipinski definition) is 1. The second-order valence-corrected chi connectivity index (χ2v) is 8.31. The summed E-state index contributed by atoms with van der Waals surface area (Å²) in [5.74, 6) is 0.432. The fourth-order valence-electron chi connectivity index (χ4n) is 3.60. The average molecular weight is 441 g/mol. The molecule has 1 aromatic heterocycles. The van der Waals surface area contributed by atoms with Crippen LogP contribution in [-0.4, -0.2) is 60.5 Å². The van der Waals surface area contributed by atoms with Gasteiger partial charge in [0.1, 0.15) is 16.6 Å². The van der Waals surface area contributed by atoms with Gasteiger partial charge in [-0.1, -0.05) is 12.1 Å². The maximum atomic E-state index is 13.0. The van der Waals surface area contributed by atoms with E-state index in [1.807, 2.05) is 24.3 Å². The topological polar surface area (TPSA) is 57.7 Å². The van der Waals surface area contributed by atoms with Crippen molar-refractivity contribution >= 4 is 22.9 Å². The van der Waals surface area contributed by atoms with Crippen molar-refractivity contribution in [1.29, 1.82) is 0 Å². The summed E-state index contributed by atoms with van der Waals surface area (Å²) in [6.07, 6.45) is 0. The standard InChI is InChI=1S/C23H25FN4O2S/c1-30-21-5-3-2-4-20(21)23-26-19(16-31-23)14-27-10-12-28(13-11-27)15-22(29)25-18-8-6-17(24)7-9-18/h2-9,16H,10-15H2,1H3,(H,25,29). The Labute approximate surface area is 185 Å². The lowest BCUT2D eigenvalue weighted by Crippen LogP contribution is -2.48. The smallest absolute Gasteiger partial charge is 0.238 e. The van der Waals surface area contributed by atoms with Crippen molar-refractivity contribution in [3.05, 3.63) is 65.4 Å². The molecule has 0 radical (unpaired) electrons. The molecule has 8 heteroatoms. The molecular formula is C23H25FN4O2S. The minimum absolute atomic E-state index is 0.0824. The normalized spacial score (nSPS) is 15.0. The van der Waals surface area contributed by atoms with E-state index in [2.05, 4.69) is 20.5 Å². The lowest BCUT2D eigenvalue weighted by Gasteiger charge is -2.33. The Morgan fingerprint density at radius 1 is 1.10 bits per heavy atom. The number of rotatable bonds is 7. The summed E-state index contributed by atoms with van der Waals surface area (Å²) in [6, 6.07) is 13.7. The van der Waals surface area contributed by atoms with E-state index in [4.69, 9.17) is 9.72 Å². The number of carbonyl (C=O) groups is 1. The molecule has 3 aromatic rings. The third kappa shape index (κ3) is 5.66. The number of halogens is 1. The molecule has 2 heterocycles. The first-order chi connectivity index (χ1) is 15.1. The third-order valence-electron chi connectivity index (χ3n) is 5.23. The fraction of sp³-hybridized carbons (Fsp3) is 0.304. The average Bonchev–Trinajstić information content (AvgIpc) is 3.25. The first-order valence-electron chi connectivity index (χ1n) is 10.2. The van der Waals surface area contributed by atoms with Crippen LogP contribution < -0.4 is 10.1 Å². The number of benzene rings is 2. The first kappa shape index (κ1) is 21.4. The largest absolute Gasteiger partial charge is 0.496 e. The van der Waals surface area contributed by atoms with Crippen LogP contribution in [0.15, 0.2) is 53.9 Å². The quantitative estimate of drug-likeness (QED) is 0.607. The maximum absolute atomic E-state index is 13.0. The molecule has 6 nitrogen and oxygen atoms in total. The summed E-state index contributed by atoms with van der Waals surface area (Å²) in [5, 5.41) is 5.88. The van der Waals surface area contributed by atoms with Crippen molar-refractivity contribution in [2.24, 2.45) is 0 Å². The van der Waals surface area contributed by atoms with E-state index >= 15 is 0 Å². The lowest BCUT2D eigenvalue weighted by molar-refractivity contribution is -0.117. The van der Waals surface area contributed by atoms with Crippen LogP contribution in [0, 0.1) is 5.82 Å². The van der Waals surface area contributed by atoms with Crippen molar-refractivity contribution in [1.82, 2.24) is 14.8 Å². The third-order valence-corrected chi connectivity index (χ3v) is 6.16. The van der Waals surface area contributed by atoms with Gasteiger partial charge in [-0.05, 0) is 36.4 Å². The summed E-state index contributed by atoms with van der Waals surface area (Å²) >= 11 is 1.63. The summed E-state index contributed by atoms with van der Waals surface area (Å²) in [5.41, 5.74) is 2.67. The molecule has 1 aliphatic heterocycles. The van der Waals surface area contributed by atoms with Crippen molar-refractivity contribution in [2.45, 2.75) is 6.54 Å². The number of amides is 1. The van der Waals surface area contributed by atoms with E-state index in [1.165, 1.54) is 12.1 Å². The summed E-state index contributed by atoms with van der Waals surface area (Å²) in [7, 11) is 1.67. The highest BCUT2D eigenvalue weighted by Crippen LogP contribution is 2.32. The number of thiazole rings is 1. The highest BCUT2D eigenvalue weighted by atomic mass is 32.1. The van der Waals surface area contributed by atoms with Gasteiger partial charge < -0.3 is 10.1 Å². The van der Waals surface area contributed by atoms with E-state index in [-0.39, 0.29) is 11.7 Å². The zero-order valence-electron chi connectivity index (χ0n) is 17.4. The van der Waals surface area contributed by atoms with Gasteiger partial charge in [-0.3, -0.25) is 14.6 Å². The SMILES string of the molecule is COc1ccccc1-c1nc(CN2CCN(CC(=O)Nc3ccc(F)cc3)CC2)cs1. The predicted octanol–water partition coefficient (Wildman–Crippen LogP) is 3.71.